The van der Waals surface area contributed by atoms with Crippen LogP contribution in [0.3, 0.4) is 0 Å². The van der Waals surface area contributed by atoms with E-state index in [1.807, 2.05) is 13.8 Å². The van der Waals surface area contributed by atoms with Crippen LogP contribution in [0, 0.1) is 0 Å². The second kappa shape index (κ2) is 8.13. The lowest BCUT2D eigenvalue weighted by atomic mass is 10.2. The quantitative estimate of drug-likeness (QED) is 0.672. The van der Waals surface area contributed by atoms with Gasteiger partial charge in [0.05, 0.1) is 0 Å². The minimum atomic E-state index is -0.178. The maximum Gasteiger partial charge on any atom is 0.231 e. The monoisotopic (exact) mass is 228 g/mol. The van der Waals surface area contributed by atoms with Gasteiger partial charge in [0, 0.05) is 19.6 Å². The van der Waals surface area contributed by atoms with E-state index < -0.39 is 0 Å². The lowest BCUT2D eigenvalue weighted by Gasteiger charge is -2.17. The molecule has 0 aliphatic carbocycles. The Hall–Kier alpha value is -1.06. The van der Waals surface area contributed by atoms with Crippen LogP contribution in [-0.4, -0.2) is 36.3 Å². The Labute approximate surface area is 98.4 Å². The SMILES string of the molecule is CCCCN(C)C(=O)CC(=O)NC(C)CC. The number of unbranched alkanes of at least 4 members (excludes halogenated alkanes) is 1. The third-order valence-corrected chi connectivity index (χ3v) is 2.60. The largest absolute Gasteiger partial charge is 0.353 e. The van der Waals surface area contributed by atoms with Crippen LogP contribution in [0.2, 0.25) is 0 Å². The van der Waals surface area contributed by atoms with Gasteiger partial charge < -0.3 is 10.2 Å². The summed E-state index contributed by atoms with van der Waals surface area (Å²) in [5.74, 6) is -0.281. The van der Waals surface area contributed by atoms with Gasteiger partial charge in [-0.05, 0) is 19.8 Å². The Morgan fingerprint density at radius 2 is 1.94 bits per heavy atom. The molecule has 2 amide bonds. The average molecular weight is 228 g/mol. The highest BCUT2D eigenvalue weighted by Crippen LogP contribution is 1.97. The number of carbonyl (C=O) groups excluding carboxylic acids is 2. The Morgan fingerprint density at radius 3 is 2.44 bits per heavy atom. The van der Waals surface area contributed by atoms with E-state index in [0.29, 0.717) is 0 Å². The van der Waals surface area contributed by atoms with Gasteiger partial charge in [0.25, 0.3) is 0 Å². The molecule has 0 saturated heterocycles. The zero-order chi connectivity index (χ0) is 12.6. The molecule has 0 radical (unpaired) electrons. The van der Waals surface area contributed by atoms with Crippen molar-refractivity contribution < 1.29 is 9.59 Å². The van der Waals surface area contributed by atoms with E-state index in [4.69, 9.17) is 0 Å². The summed E-state index contributed by atoms with van der Waals surface area (Å²) in [4.78, 5) is 24.7. The first-order valence-corrected chi connectivity index (χ1v) is 6.04. The normalized spacial score (nSPS) is 12.0. The molecule has 0 fully saturated rings. The molecule has 16 heavy (non-hydrogen) atoms. The van der Waals surface area contributed by atoms with Gasteiger partial charge in [-0.2, -0.15) is 0 Å². The predicted molar refractivity (Wildman–Crippen MR) is 65.1 cm³/mol. The van der Waals surface area contributed by atoms with E-state index in [2.05, 4.69) is 12.2 Å². The van der Waals surface area contributed by atoms with Crippen molar-refractivity contribution in [1.29, 1.82) is 0 Å². The van der Waals surface area contributed by atoms with E-state index in [9.17, 15) is 9.59 Å². The smallest absolute Gasteiger partial charge is 0.231 e. The Kier molecular flexibility index (Phi) is 7.60. The molecule has 94 valence electrons. The van der Waals surface area contributed by atoms with Gasteiger partial charge in [-0.3, -0.25) is 9.59 Å². The van der Waals surface area contributed by atoms with Crippen LogP contribution in [0.15, 0.2) is 0 Å². The molecule has 1 N–H and O–H groups in total. The topological polar surface area (TPSA) is 49.4 Å². The van der Waals surface area contributed by atoms with E-state index in [1.54, 1.807) is 11.9 Å². The van der Waals surface area contributed by atoms with Crippen molar-refractivity contribution in [3.8, 4) is 0 Å². The standard InChI is InChI=1S/C12H24N2O2/c1-5-7-8-14(4)12(16)9-11(15)13-10(3)6-2/h10H,5-9H2,1-4H3,(H,13,15). The zero-order valence-corrected chi connectivity index (χ0v) is 10.9. The third kappa shape index (κ3) is 6.43. The van der Waals surface area contributed by atoms with Crippen LogP contribution in [0.25, 0.3) is 0 Å². The first-order chi connectivity index (χ1) is 7.51. The molecule has 0 aromatic heterocycles. The number of carbonyl (C=O) groups is 2. The van der Waals surface area contributed by atoms with E-state index in [0.717, 1.165) is 25.8 Å². The van der Waals surface area contributed by atoms with Crippen LogP contribution in [0.4, 0.5) is 0 Å². The second-order valence-electron chi connectivity index (χ2n) is 4.22. The van der Waals surface area contributed by atoms with Crippen molar-refractivity contribution in [2.75, 3.05) is 13.6 Å². The maximum absolute atomic E-state index is 11.6. The second-order valence-corrected chi connectivity index (χ2v) is 4.22. The van der Waals surface area contributed by atoms with Crippen molar-refractivity contribution >= 4 is 11.8 Å². The van der Waals surface area contributed by atoms with Gasteiger partial charge >= 0.3 is 0 Å². The fraction of sp³-hybridized carbons (Fsp3) is 0.833. The van der Waals surface area contributed by atoms with Crippen LogP contribution in [0.1, 0.15) is 46.5 Å². The summed E-state index contributed by atoms with van der Waals surface area (Å²) >= 11 is 0. The van der Waals surface area contributed by atoms with E-state index >= 15 is 0 Å². The first kappa shape index (κ1) is 14.9. The molecule has 0 spiro atoms. The molecule has 4 nitrogen and oxygen atoms in total. The van der Waals surface area contributed by atoms with E-state index in [-0.39, 0.29) is 24.3 Å². The van der Waals surface area contributed by atoms with Crippen LogP contribution < -0.4 is 5.32 Å². The molecule has 4 heteroatoms. The maximum atomic E-state index is 11.6. The van der Waals surface area contributed by atoms with E-state index in [1.165, 1.54) is 0 Å². The van der Waals surface area contributed by atoms with Gasteiger partial charge in [-0.1, -0.05) is 20.3 Å². The molecule has 1 atom stereocenters. The molecule has 1 unspecified atom stereocenters. The van der Waals surface area contributed by atoms with Crippen molar-refractivity contribution in [2.24, 2.45) is 0 Å². The molecule has 0 aromatic carbocycles. The number of nitrogens with one attached hydrogen (secondary N) is 1. The molecule has 0 bridgehead atoms. The predicted octanol–water partition coefficient (Wildman–Crippen LogP) is 1.55. The lowest BCUT2D eigenvalue weighted by molar-refractivity contribution is -0.135. The number of hydrogen-bond acceptors (Lipinski definition) is 2. The number of amides is 2. The minimum absolute atomic E-state index is 0.0371. The molecule has 0 aliphatic rings. The van der Waals surface area contributed by atoms with Gasteiger partial charge in [-0.25, -0.2) is 0 Å². The summed E-state index contributed by atoms with van der Waals surface area (Å²) in [6, 6.07) is 0.140. The van der Waals surface area contributed by atoms with Crippen molar-refractivity contribution in [3.63, 3.8) is 0 Å². The van der Waals surface area contributed by atoms with Gasteiger partial charge in [0.15, 0.2) is 0 Å². The fourth-order valence-corrected chi connectivity index (χ4v) is 1.22. The summed E-state index contributed by atoms with van der Waals surface area (Å²) < 4.78 is 0. The Bertz CT molecular complexity index is 229. The number of nitrogens with zero attached hydrogens (tertiary/aromatic N) is 1. The molecular weight excluding hydrogens is 204 g/mol. The molecular formula is C12H24N2O2. The highest BCUT2D eigenvalue weighted by molar-refractivity contribution is 5.96. The van der Waals surface area contributed by atoms with Gasteiger partial charge in [-0.15, -0.1) is 0 Å². The Morgan fingerprint density at radius 1 is 1.31 bits per heavy atom. The zero-order valence-electron chi connectivity index (χ0n) is 10.9. The summed E-state index contributed by atoms with van der Waals surface area (Å²) in [5.41, 5.74) is 0. The summed E-state index contributed by atoms with van der Waals surface area (Å²) in [6.45, 7) is 6.74. The summed E-state index contributed by atoms with van der Waals surface area (Å²) in [6.07, 6.45) is 2.88. The number of hydrogen-bond donors (Lipinski definition) is 1. The fourth-order valence-electron chi connectivity index (χ4n) is 1.22. The molecule has 0 aliphatic heterocycles. The van der Waals surface area contributed by atoms with Gasteiger partial charge in [0.2, 0.25) is 11.8 Å². The molecule has 0 aromatic rings. The van der Waals surface area contributed by atoms with Crippen molar-refractivity contribution in [3.05, 3.63) is 0 Å². The first-order valence-electron chi connectivity index (χ1n) is 6.04. The van der Waals surface area contributed by atoms with Crippen LogP contribution in [-0.2, 0) is 9.59 Å². The summed E-state index contributed by atoms with van der Waals surface area (Å²) in [7, 11) is 1.74. The van der Waals surface area contributed by atoms with Crippen LogP contribution in [0.5, 0.6) is 0 Å². The lowest BCUT2D eigenvalue weighted by Crippen LogP contribution is -2.37. The summed E-state index contributed by atoms with van der Waals surface area (Å²) in [5, 5.41) is 2.78. The average Bonchev–Trinajstić information content (AvgIpc) is 2.25. The number of rotatable bonds is 7. The molecule has 0 rings (SSSR count). The highest BCUT2D eigenvalue weighted by Gasteiger charge is 2.14. The Balaban J connectivity index is 3.89. The minimum Gasteiger partial charge on any atom is -0.353 e. The highest BCUT2D eigenvalue weighted by atomic mass is 16.2. The molecule has 0 saturated carbocycles. The van der Waals surface area contributed by atoms with Crippen molar-refractivity contribution in [2.45, 2.75) is 52.5 Å². The third-order valence-electron chi connectivity index (χ3n) is 2.60. The van der Waals surface area contributed by atoms with Crippen molar-refractivity contribution in [1.82, 2.24) is 10.2 Å². The van der Waals surface area contributed by atoms with Gasteiger partial charge in [0.1, 0.15) is 6.42 Å². The van der Waals surface area contributed by atoms with Crippen LogP contribution >= 0.6 is 0 Å². The molecule has 0 heterocycles.